The number of methoxy groups -OCH3 is 1. The highest BCUT2D eigenvalue weighted by atomic mass is 127. The molecular weight excluding hydrogens is 515 g/mol. The summed E-state index contributed by atoms with van der Waals surface area (Å²) in [6.45, 7) is 2.42. The maximum atomic E-state index is 12.7. The lowest BCUT2D eigenvalue weighted by atomic mass is 10.1. The van der Waals surface area contributed by atoms with Crippen LogP contribution in [-0.4, -0.2) is 13.0 Å². The second kappa shape index (κ2) is 11.3. The predicted molar refractivity (Wildman–Crippen MR) is 135 cm³/mol. The zero-order valence-corrected chi connectivity index (χ0v) is 20.0. The van der Waals surface area contributed by atoms with E-state index >= 15 is 0 Å². The first kappa shape index (κ1) is 23.4. The van der Waals surface area contributed by atoms with Gasteiger partial charge in [0.25, 0.3) is 5.91 Å². The number of benzene rings is 3. The Morgan fingerprint density at radius 2 is 1.84 bits per heavy atom. The average Bonchev–Trinajstić information content (AvgIpc) is 2.82. The van der Waals surface area contributed by atoms with Crippen molar-refractivity contribution in [1.29, 1.82) is 5.26 Å². The molecule has 0 saturated carbocycles. The standard InChI is InChI=1S/C26H23IN2O3/c1-3-20-6-4-5-7-23(20)29-26(30)21(16-28)14-19-10-13-24(25(15-19)31-2)32-17-18-8-11-22(27)12-9-18/h4-15H,3,17H2,1-2H3,(H,29,30)/b21-14-. The summed E-state index contributed by atoms with van der Waals surface area (Å²) in [6.07, 6.45) is 2.32. The van der Waals surface area contributed by atoms with Crippen LogP contribution in [0.5, 0.6) is 11.5 Å². The first-order chi connectivity index (χ1) is 15.5. The monoisotopic (exact) mass is 538 g/mol. The van der Waals surface area contributed by atoms with Crippen LogP contribution in [0.25, 0.3) is 6.08 Å². The van der Waals surface area contributed by atoms with Crippen LogP contribution in [0, 0.1) is 14.9 Å². The Bertz CT molecular complexity index is 1160. The second-order valence-electron chi connectivity index (χ2n) is 6.96. The Hall–Kier alpha value is -3.31. The van der Waals surface area contributed by atoms with Gasteiger partial charge in [0, 0.05) is 9.26 Å². The first-order valence-electron chi connectivity index (χ1n) is 10.1. The maximum absolute atomic E-state index is 12.7. The van der Waals surface area contributed by atoms with Gasteiger partial charge in [-0.05, 0) is 82.1 Å². The molecule has 1 amide bonds. The largest absolute Gasteiger partial charge is 0.493 e. The van der Waals surface area contributed by atoms with Gasteiger partial charge in [-0.25, -0.2) is 0 Å². The Morgan fingerprint density at radius 1 is 1.09 bits per heavy atom. The van der Waals surface area contributed by atoms with Gasteiger partial charge in [-0.3, -0.25) is 4.79 Å². The molecule has 6 heteroatoms. The van der Waals surface area contributed by atoms with Gasteiger partial charge in [0.15, 0.2) is 11.5 Å². The summed E-state index contributed by atoms with van der Waals surface area (Å²) in [5.41, 5.74) is 3.43. The van der Waals surface area contributed by atoms with Crippen molar-refractivity contribution in [3.63, 3.8) is 0 Å². The van der Waals surface area contributed by atoms with E-state index in [1.54, 1.807) is 25.3 Å². The van der Waals surface area contributed by atoms with Crippen molar-refractivity contribution < 1.29 is 14.3 Å². The molecule has 0 aliphatic carbocycles. The number of nitrogens with one attached hydrogen (secondary N) is 1. The number of nitrogens with zero attached hydrogens (tertiary/aromatic N) is 1. The number of aryl methyl sites for hydroxylation is 1. The average molecular weight is 538 g/mol. The number of carbonyl (C=O) groups excluding carboxylic acids is 1. The highest BCUT2D eigenvalue weighted by Crippen LogP contribution is 2.30. The number of amides is 1. The fraction of sp³-hybridized carbons (Fsp3) is 0.154. The number of carbonyl (C=O) groups is 1. The van der Waals surface area contributed by atoms with E-state index in [0.29, 0.717) is 29.4 Å². The number of rotatable bonds is 8. The van der Waals surface area contributed by atoms with Gasteiger partial charge >= 0.3 is 0 Å². The molecule has 0 radical (unpaired) electrons. The van der Waals surface area contributed by atoms with E-state index in [2.05, 4.69) is 27.9 Å². The minimum absolute atomic E-state index is 0.00511. The van der Waals surface area contributed by atoms with Gasteiger partial charge < -0.3 is 14.8 Å². The number of hydrogen-bond donors (Lipinski definition) is 1. The first-order valence-corrected chi connectivity index (χ1v) is 11.2. The molecule has 0 unspecified atom stereocenters. The highest BCUT2D eigenvalue weighted by molar-refractivity contribution is 14.1. The van der Waals surface area contributed by atoms with E-state index in [0.717, 1.165) is 21.1 Å². The second-order valence-corrected chi connectivity index (χ2v) is 8.21. The molecule has 0 saturated heterocycles. The van der Waals surface area contributed by atoms with Gasteiger partial charge in [-0.2, -0.15) is 5.26 Å². The Labute approximate surface area is 201 Å². The molecule has 1 N–H and O–H groups in total. The molecule has 0 aliphatic rings. The zero-order valence-electron chi connectivity index (χ0n) is 17.9. The molecule has 32 heavy (non-hydrogen) atoms. The zero-order chi connectivity index (χ0) is 22.9. The van der Waals surface area contributed by atoms with Crippen molar-refractivity contribution in [2.24, 2.45) is 0 Å². The fourth-order valence-electron chi connectivity index (χ4n) is 3.09. The molecule has 3 aromatic rings. The molecule has 0 bridgehead atoms. The van der Waals surface area contributed by atoms with E-state index in [9.17, 15) is 10.1 Å². The minimum atomic E-state index is -0.452. The molecule has 0 spiro atoms. The van der Waals surface area contributed by atoms with E-state index < -0.39 is 5.91 Å². The van der Waals surface area contributed by atoms with Crippen molar-refractivity contribution in [3.05, 3.63) is 92.6 Å². The molecule has 162 valence electrons. The van der Waals surface area contributed by atoms with Crippen molar-refractivity contribution in [2.45, 2.75) is 20.0 Å². The van der Waals surface area contributed by atoms with Gasteiger partial charge in [-0.15, -0.1) is 0 Å². The number of anilines is 1. The molecule has 3 rings (SSSR count). The normalized spacial score (nSPS) is 10.9. The van der Waals surface area contributed by atoms with Crippen LogP contribution in [0.2, 0.25) is 0 Å². The van der Waals surface area contributed by atoms with E-state index in [1.807, 2.05) is 61.5 Å². The lowest BCUT2D eigenvalue weighted by molar-refractivity contribution is -0.112. The third-order valence-corrected chi connectivity index (χ3v) is 5.54. The summed E-state index contributed by atoms with van der Waals surface area (Å²) in [7, 11) is 1.56. The van der Waals surface area contributed by atoms with Crippen LogP contribution in [0.15, 0.2) is 72.3 Å². The summed E-state index contributed by atoms with van der Waals surface area (Å²) in [6, 6.07) is 22.9. The van der Waals surface area contributed by atoms with Crippen LogP contribution in [-0.2, 0) is 17.8 Å². The lowest BCUT2D eigenvalue weighted by Gasteiger charge is -2.12. The summed E-state index contributed by atoms with van der Waals surface area (Å²) in [5.74, 6) is 0.660. The van der Waals surface area contributed by atoms with E-state index in [1.165, 1.54) is 6.08 Å². The smallest absolute Gasteiger partial charge is 0.266 e. The SMILES string of the molecule is CCc1ccccc1NC(=O)/C(C#N)=C\c1ccc(OCc2ccc(I)cc2)c(OC)c1. The quantitative estimate of drug-likeness (QED) is 0.218. The number of nitriles is 1. The van der Waals surface area contributed by atoms with Gasteiger partial charge in [0.2, 0.25) is 0 Å². The van der Waals surface area contributed by atoms with Crippen LogP contribution < -0.4 is 14.8 Å². The molecule has 0 aromatic heterocycles. The summed E-state index contributed by atoms with van der Waals surface area (Å²) in [4.78, 5) is 12.7. The molecule has 5 nitrogen and oxygen atoms in total. The van der Waals surface area contributed by atoms with Gasteiger partial charge in [0.05, 0.1) is 7.11 Å². The number of para-hydroxylation sites is 1. The summed E-state index contributed by atoms with van der Waals surface area (Å²) >= 11 is 2.26. The number of ether oxygens (including phenoxy) is 2. The predicted octanol–water partition coefficient (Wildman–Crippen LogP) is 5.99. The van der Waals surface area contributed by atoms with Crippen molar-refractivity contribution >= 4 is 40.3 Å². The Morgan fingerprint density at radius 3 is 2.53 bits per heavy atom. The minimum Gasteiger partial charge on any atom is -0.493 e. The van der Waals surface area contributed by atoms with Crippen molar-refractivity contribution in [1.82, 2.24) is 0 Å². The molecule has 0 heterocycles. The molecule has 3 aromatic carbocycles. The van der Waals surface area contributed by atoms with Crippen molar-refractivity contribution in [3.8, 4) is 17.6 Å². The third-order valence-electron chi connectivity index (χ3n) is 4.82. The molecular formula is C26H23IN2O3. The highest BCUT2D eigenvalue weighted by Gasteiger charge is 2.12. The summed E-state index contributed by atoms with van der Waals surface area (Å²) in [5, 5.41) is 12.4. The van der Waals surface area contributed by atoms with Crippen LogP contribution in [0.4, 0.5) is 5.69 Å². The maximum Gasteiger partial charge on any atom is 0.266 e. The summed E-state index contributed by atoms with van der Waals surface area (Å²) < 4.78 is 12.5. The van der Waals surface area contributed by atoms with E-state index in [4.69, 9.17) is 9.47 Å². The van der Waals surface area contributed by atoms with Crippen LogP contribution in [0.3, 0.4) is 0 Å². The van der Waals surface area contributed by atoms with Gasteiger partial charge in [0.1, 0.15) is 18.2 Å². The van der Waals surface area contributed by atoms with Crippen LogP contribution >= 0.6 is 22.6 Å². The molecule has 0 atom stereocenters. The van der Waals surface area contributed by atoms with Crippen molar-refractivity contribution in [2.75, 3.05) is 12.4 Å². The lowest BCUT2D eigenvalue weighted by Crippen LogP contribution is -2.14. The molecule has 0 aliphatic heterocycles. The third kappa shape index (κ3) is 6.11. The Kier molecular flexibility index (Phi) is 8.28. The van der Waals surface area contributed by atoms with E-state index in [-0.39, 0.29) is 5.57 Å². The molecule has 0 fully saturated rings. The number of halogens is 1. The van der Waals surface area contributed by atoms with Gasteiger partial charge in [-0.1, -0.05) is 43.3 Å². The topological polar surface area (TPSA) is 71.4 Å². The Balaban J connectivity index is 1.76. The fourth-order valence-corrected chi connectivity index (χ4v) is 3.45. The van der Waals surface area contributed by atoms with Crippen LogP contribution in [0.1, 0.15) is 23.6 Å². The number of hydrogen-bond acceptors (Lipinski definition) is 4.